The Balaban J connectivity index is 1.30. The van der Waals surface area contributed by atoms with Crippen LogP contribution in [-0.4, -0.2) is 47.8 Å². The van der Waals surface area contributed by atoms with Crippen LogP contribution >= 0.6 is 11.3 Å². The van der Waals surface area contributed by atoms with Crippen molar-refractivity contribution in [1.29, 1.82) is 0 Å². The first-order valence-corrected chi connectivity index (χ1v) is 11.2. The number of carbonyl (C=O) groups excluding carboxylic acids is 2. The van der Waals surface area contributed by atoms with Crippen LogP contribution in [0.3, 0.4) is 0 Å². The highest BCUT2D eigenvalue weighted by molar-refractivity contribution is 7.09. The molecule has 1 aliphatic rings. The van der Waals surface area contributed by atoms with E-state index in [1.165, 1.54) is 0 Å². The first-order valence-electron chi connectivity index (χ1n) is 10.3. The zero-order chi connectivity index (χ0) is 21.8. The highest BCUT2D eigenvalue weighted by Gasteiger charge is 2.22. The summed E-state index contributed by atoms with van der Waals surface area (Å²) in [4.78, 5) is 32.8. The molecule has 2 heterocycles. The van der Waals surface area contributed by atoms with Crippen molar-refractivity contribution in [3.63, 3.8) is 0 Å². The third kappa shape index (κ3) is 5.11. The van der Waals surface area contributed by atoms with Gasteiger partial charge in [0, 0.05) is 54.1 Å². The maximum atomic E-state index is 12.9. The van der Waals surface area contributed by atoms with Gasteiger partial charge in [0.05, 0.1) is 0 Å². The normalized spacial score (nSPS) is 13.9. The van der Waals surface area contributed by atoms with E-state index in [-0.39, 0.29) is 11.7 Å². The SMILES string of the molecule is CC(=O)c1ccc(N2CCN(C(=O)c3ccc(OCc4nc(C)cs4)cc3)CC2)cc1. The zero-order valence-corrected chi connectivity index (χ0v) is 18.5. The van der Waals surface area contributed by atoms with E-state index >= 15 is 0 Å². The van der Waals surface area contributed by atoms with Gasteiger partial charge in [-0.3, -0.25) is 9.59 Å². The monoisotopic (exact) mass is 435 g/mol. The summed E-state index contributed by atoms with van der Waals surface area (Å²) in [6.07, 6.45) is 0. The van der Waals surface area contributed by atoms with Gasteiger partial charge in [0.25, 0.3) is 5.91 Å². The molecule has 1 aromatic heterocycles. The molecule has 160 valence electrons. The van der Waals surface area contributed by atoms with Gasteiger partial charge in [0.1, 0.15) is 17.4 Å². The molecular formula is C24H25N3O3S. The molecule has 1 amide bonds. The molecule has 1 aliphatic heterocycles. The fourth-order valence-electron chi connectivity index (χ4n) is 3.57. The first kappa shape index (κ1) is 21.1. The molecule has 0 atom stereocenters. The van der Waals surface area contributed by atoms with Crippen molar-refractivity contribution in [2.45, 2.75) is 20.5 Å². The summed E-state index contributed by atoms with van der Waals surface area (Å²) in [6.45, 7) is 6.81. The molecule has 1 fully saturated rings. The van der Waals surface area contributed by atoms with E-state index in [4.69, 9.17) is 4.74 Å². The van der Waals surface area contributed by atoms with Gasteiger partial charge in [-0.2, -0.15) is 0 Å². The Hall–Kier alpha value is -3.19. The first-order chi connectivity index (χ1) is 15.0. The average Bonchev–Trinajstić information content (AvgIpc) is 3.23. The van der Waals surface area contributed by atoms with Crippen LogP contribution in [0.2, 0.25) is 0 Å². The predicted molar refractivity (Wildman–Crippen MR) is 122 cm³/mol. The Morgan fingerprint density at radius 3 is 2.19 bits per heavy atom. The second-order valence-corrected chi connectivity index (χ2v) is 8.52. The number of benzene rings is 2. The molecule has 3 aromatic rings. The molecule has 0 saturated carbocycles. The molecule has 4 rings (SSSR count). The Kier molecular flexibility index (Phi) is 6.32. The molecule has 31 heavy (non-hydrogen) atoms. The number of nitrogens with zero attached hydrogens (tertiary/aromatic N) is 3. The second kappa shape index (κ2) is 9.31. The molecule has 0 radical (unpaired) electrons. The topological polar surface area (TPSA) is 62.7 Å². The highest BCUT2D eigenvalue weighted by Crippen LogP contribution is 2.20. The smallest absolute Gasteiger partial charge is 0.253 e. The number of amides is 1. The number of anilines is 1. The number of hydrogen-bond donors (Lipinski definition) is 0. The Labute approximate surface area is 186 Å². The number of thiazole rings is 1. The molecule has 0 spiro atoms. The van der Waals surface area contributed by atoms with E-state index in [0.29, 0.717) is 30.8 Å². The van der Waals surface area contributed by atoms with Crippen LogP contribution in [0.15, 0.2) is 53.9 Å². The number of aryl methyl sites for hydroxylation is 1. The van der Waals surface area contributed by atoms with Gasteiger partial charge in [-0.1, -0.05) is 0 Å². The summed E-state index contributed by atoms with van der Waals surface area (Å²) < 4.78 is 5.77. The molecule has 2 aromatic carbocycles. The van der Waals surface area contributed by atoms with Gasteiger partial charge >= 0.3 is 0 Å². The zero-order valence-electron chi connectivity index (χ0n) is 17.7. The summed E-state index contributed by atoms with van der Waals surface area (Å²) in [5.41, 5.74) is 3.45. The van der Waals surface area contributed by atoms with Gasteiger partial charge in [0.15, 0.2) is 5.78 Å². The third-order valence-electron chi connectivity index (χ3n) is 5.34. The third-order valence-corrected chi connectivity index (χ3v) is 6.28. The fourth-order valence-corrected chi connectivity index (χ4v) is 4.25. The summed E-state index contributed by atoms with van der Waals surface area (Å²) >= 11 is 1.58. The van der Waals surface area contributed by atoms with Crippen molar-refractivity contribution in [3.05, 3.63) is 75.7 Å². The van der Waals surface area contributed by atoms with Crippen LogP contribution in [0.25, 0.3) is 0 Å². The van der Waals surface area contributed by atoms with E-state index in [2.05, 4.69) is 9.88 Å². The quantitative estimate of drug-likeness (QED) is 0.543. The molecule has 7 heteroatoms. The van der Waals surface area contributed by atoms with E-state index < -0.39 is 0 Å². The van der Waals surface area contributed by atoms with Crippen molar-refractivity contribution < 1.29 is 14.3 Å². The molecule has 1 saturated heterocycles. The minimum Gasteiger partial charge on any atom is -0.486 e. The lowest BCUT2D eigenvalue weighted by Crippen LogP contribution is -2.48. The van der Waals surface area contributed by atoms with Gasteiger partial charge in [0.2, 0.25) is 0 Å². The predicted octanol–water partition coefficient (Wildman–Crippen LogP) is 4.20. The number of carbonyl (C=O) groups is 2. The van der Waals surface area contributed by atoms with E-state index in [1.54, 1.807) is 18.3 Å². The van der Waals surface area contributed by atoms with Crippen molar-refractivity contribution in [3.8, 4) is 5.75 Å². The van der Waals surface area contributed by atoms with Gasteiger partial charge in [-0.05, 0) is 62.4 Å². The molecule has 0 bridgehead atoms. The Morgan fingerprint density at radius 1 is 0.968 bits per heavy atom. The fraction of sp³-hybridized carbons (Fsp3) is 0.292. The lowest BCUT2D eigenvalue weighted by molar-refractivity contribution is 0.0746. The van der Waals surface area contributed by atoms with Crippen molar-refractivity contribution in [2.24, 2.45) is 0 Å². The number of piperazine rings is 1. The minimum atomic E-state index is 0.0358. The summed E-state index contributed by atoms with van der Waals surface area (Å²) in [5.74, 6) is 0.827. The van der Waals surface area contributed by atoms with E-state index in [1.807, 2.05) is 65.7 Å². The maximum absolute atomic E-state index is 12.9. The molecular weight excluding hydrogens is 410 g/mol. The van der Waals surface area contributed by atoms with Crippen molar-refractivity contribution in [2.75, 3.05) is 31.1 Å². The average molecular weight is 436 g/mol. The highest BCUT2D eigenvalue weighted by atomic mass is 32.1. The maximum Gasteiger partial charge on any atom is 0.253 e. The van der Waals surface area contributed by atoms with Crippen LogP contribution in [0, 0.1) is 6.92 Å². The summed E-state index contributed by atoms with van der Waals surface area (Å²) in [6, 6.07) is 15.0. The number of hydrogen-bond acceptors (Lipinski definition) is 6. The van der Waals surface area contributed by atoms with Crippen molar-refractivity contribution >= 4 is 28.7 Å². The number of ketones is 1. The number of rotatable bonds is 6. The number of ether oxygens (including phenoxy) is 1. The second-order valence-electron chi connectivity index (χ2n) is 7.58. The number of Topliss-reactive ketones (excluding diaryl/α,β-unsaturated/α-hetero) is 1. The summed E-state index contributed by atoms with van der Waals surface area (Å²) in [7, 11) is 0. The largest absolute Gasteiger partial charge is 0.486 e. The van der Waals surface area contributed by atoms with E-state index in [9.17, 15) is 9.59 Å². The van der Waals surface area contributed by atoms with Crippen LogP contribution in [0.4, 0.5) is 5.69 Å². The summed E-state index contributed by atoms with van der Waals surface area (Å²) in [5, 5.41) is 2.94. The standard InChI is InChI=1S/C24H25N3O3S/c1-17-16-31-23(25-17)15-30-22-9-5-20(6-10-22)24(29)27-13-11-26(12-14-27)21-7-3-19(4-8-21)18(2)28/h3-10,16H,11-15H2,1-2H3. The van der Waals surface area contributed by atoms with Crippen LogP contribution < -0.4 is 9.64 Å². The minimum absolute atomic E-state index is 0.0358. The molecule has 0 N–H and O–H groups in total. The lowest BCUT2D eigenvalue weighted by atomic mass is 10.1. The van der Waals surface area contributed by atoms with Crippen LogP contribution in [-0.2, 0) is 6.61 Å². The molecule has 6 nitrogen and oxygen atoms in total. The lowest BCUT2D eigenvalue weighted by Gasteiger charge is -2.36. The van der Waals surface area contributed by atoms with Gasteiger partial charge in [-0.15, -0.1) is 11.3 Å². The Bertz CT molecular complexity index is 1050. The van der Waals surface area contributed by atoms with Crippen LogP contribution in [0.5, 0.6) is 5.75 Å². The molecule has 0 aliphatic carbocycles. The van der Waals surface area contributed by atoms with E-state index in [0.717, 1.165) is 35.2 Å². The van der Waals surface area contributed by atoms with Crippen LogP contribution in [0.1, 0.15) is 38.3 Å². The molecule has 0 unspecified atom stereocenters. The number of aromatic nitrogens is 1. The Morgan fingerprint density at radius 2 is 1.61 bits per heavy atom. The van der Waals surface area contributed by atoms with Gasteiger partial charge in [-0.25, -0.2) is 4.98 Å². The van der Waals surface area contributed by atoms with Gasteiger partial charge < -0.3 is 14.5 Å². The van der Waals surface area contributed by atoms with Crippen molar-refractivity contribution in [1.82, 2.24) is 9.88 Å².